The second-order valence-corrected chi connectivity index (χ2v) is 10.4. The van der Waals surface area contributed by atoms with Crippen molar-refractivity contribution in [1.82, 2.24) is 4.90 Å². The molecule has 0 N–H and O–H groups in total. The number of carbonyl (C=O) groups is 1. The van der Waals surface area contributed by atoms with Gasteiger partial charge in [-0.05, 0) is 58.9 Å². The minimum atomic E-state index is -0.585. The number of nitrogens with zero attached hydrogens (tertiary/aromatic N) is 2. The first-order chi connectivity index (χ1) is 19.9. The molecule has 8 heteroatoms. The van der Waals surface area contributed by atoms with Crippen LogP contribution in [0.25, 0.3) is 0 Å². The predicted octanol–water partition coefficient (Wildman–Crippen LogP) is 6.93. The van der Waals surface area contributed by atoms with Crippen molar-refractivity contribution in [3.05, 3.63) is 148 Å². The number of carbonyl (C=O) groups excluding carboxylic acids is 1. The third-order valence-electron chi connectivity index (χ3n) is 7.82. The van der Waals surface area contributed by atoms with E-state index >= 15 is 0 Å². The summed E-state index contributed by atoms with van der Waals surface area (Å²) in [5.41, 5.74) is 3.39. The highest BCUT2D eigenvalue weighted by atomic mass is 32.1. The lowest BCUT2D eigenvalue weighted by molar-refractivity contribution is -0.384. The Labute approximate surface area is 244 Å². The van der Waals surface area contributed by atoms with Crippen molar-refractivity contribution in [3.8, 4) is 0 Å². The number of benzene rings is 4. The summed E-state index contributed by atoms with van der Waals surface area (Å²) >= 11 is 5.62. The number of nitro benzene ring substituents is 1. The van der Waals surface area contributed by atoms with Crippen molar-refractivity contribution >= 4 is 29.0 Å². The summed E-state index contributed by atoms with van der Waals surface area (Å²) in [4.78, 5) is 25.8. The molecular weight excluding hydrogens is 536 g/mol. The lowest BCUT2D eigenvalue weighted by Gasteiger charge is -2.41. The summed E-state index contributed by atoms with van der Waals surface area (Å²) in [6, 6.07) is 36.6. The van der Waals surface area contributed by atoms with E-state index < -0.39 is 22.5 Å². The fourth-order valence-electron chi connectivity index (χ4n) is 5.96. The molecule has 1 amide bonds. The summed E-state index contributed by atoms with van der Waals surface area (Å²) in [5.74, 6) is -0.0697. The van der Waals surface area contributed by atoms with Gasteiger partial charge < -0.3 is 9.47 Å². The van der Waals surface area contributed by atoms with Crippen molar-refractivity contribution in [2.75, 3.05) is 13.7 Å². The Morgan fingerprint density at radius 2 is 1.37 bits per heavy atom. The van der Waals surface area contributed by atoms with Crippen molar-refractivity contribution in [1.29, 1.82) is 0 Å². The summed E-state index contributed by atoms with van der Waals surface area (Å²) in [6.45, 7) is 0.359. The number of methoxy groups -OCH3 is 1. The Hall–Kier alpha value is -4.56. The van der Waals surface area contributed by atoms with Crippen LogP contribution in [0.15, 0.2) is 115 Å². The van der Waals surface area contributed by atoms with Gasteiger partial charge in [0.1, 0.15) is 12.6 Å². The Morgan fingerprint density at radius 1 is 0.878 bits per heavy atom. The first kappa shape index (κ1) is 28.0. The Kier molecular flexibility index (Phi) is 8.40. The molecule has 1 heterocycles. The molecule has 0 unspecified atom stereocenters. The molecule has 0 radical (unpaired) electrons. The zero-order valence-electron chi connectivity index (χ0n) is 22.6. The molecule has 0 aliphatic carbocycles. The summed E-state index contributed by atoms with van der Waals surface area (Å²) in [6.07, 6.45) is 0.0520. The number of thiocarbonyl (C=S) groups is 1. The van der Waals surface area contributed by atoms with Crippen molar-refractivity contribution in [2.45, 2.75) is 24.5 Å². The normalized spacial score (nSPS) is 16.7. The van der Waals surface area contributed by atoms with Gasteiger partial charge in [0.05, 0.1) is 12.0 Å². The molecule has 0 bridgehead atoms. The number of amides is 1. The molecule has 41 heavy (non-hydrogen) atoms. The molecule has 208 valence electrons. The fraction of sp³-hybridized carbons (Fsp3) is 0.212. The van der Waals surface area contributed by atoms with Crippen LogP contribution in [0.4, 0.5) is 10.5 Å². The third kappa shape index (κ3) is 5.56. The van der Waals surface area contributed by atoms with E-state index in [4.69, 9.17) is 21.7 Å². The Bertz CT molecular complexity index is 1400. The quantitative estimate of drug-likeness (QED) is 0.0996. The number of rotatable bonds is 8. The van der Waals surface area contributed by atoms with E-state index in [9.17, 15) is 14.9 Å². The van der Waals surface area contributed by atoms with E-state index in [2.05, 4.69) is 36.4 Å². The standard InChI is InChI=1S/C33H30N2O5S/c1-39-31(41)30-21-28(22-34(30)32(36)40-23-24-17-19-29(20-18-24)35(37)38)33(25-11-5-2-6-12-25,26-13-7-3-8-14-26)27-15-9-4-10-16-27/h2-20,28,30H,21-23H2,1H3/t28-,30+/m1/s1. The van der Waals surface area contributed by atoms with Gasteiger partial charge in [-0.1, -0.05) is 91.0 Å². The molecule has 0 spiro atoms. The van der Waals surface area contributed by atoms with E-state index in [0.29, 0.717) is 23.6 Å². The SMILES string of the molecule is COC(=S)[C@@H]1C[C@@H](C(c2ccccc2)(c2ccccc2)c2ccccc2)CN1C(=O)OCc1ccc([N+](=O)[O-])cc1. The van der Waals surface area contributed by atoms with Gasteiger partial charge >= 0.3 is 6.09 Å². The van der Waals surface area contributed by atoms with Gasteiger partial charge in [-0.2, -0.15) is 0 Å². The summed E-state index contributed by atoms with van der Waals surface area (Å²) < 4.78 is 11.2. The first-order valence-corrected chi connectivity index (χ1v) is 13.8. The summed E-state index contributed by atoms with van der Waals surface area (Å²) in [7, 11) is 1.52. The van der Waals surface area contributed by atoms with Crippen LogP contribution in [-0.4, -0.2) is 40.7 Å². The second-order valence-electron chi connectivity index (χ2n) is 10.0. The zero-order chi connectivity index (χ0) is 28.8. The molecule has 5 rings (SSSR count). The van der Waals surface area contributed by atoms with Gasteiger partial charge in [0.25, 0.3) is 5.69 Å². The fourth-order valence-corrected chi connectivity index (χ4v) is 6.19. The van der Waals surface area contributed by atoms with Crippen LogP contribution in [0.1, 0.15) is 28.7 Å². The van der Waals surface area contributed by atoms with Crippen LogP contribution < -0.4 is 0 Å². The monoisotopic (exact) mass is 566 g/mol. The molecule has 1 aliphatic rings. The van der Waals surface area contributed by atoms with Gasteiger partial charge in [0.15, 0.2) is 5.05 Å². The van der Waals surface area contributed by atoms with Crippen molar-refractivity contribution in [3.63, 3.8) is 0 Å². The van der Waals surface area contributed by atoms with E-state index in [1.807, 2.05) is 54.6 Å². The van der Waals surface area contributed by atoms with Gasteiger partial charge in [0, 0.05) is 24.1 Å². The topological polar surface area (TPSA) is 81.9 Å². The van der Waals surface area contributed by atoms with Gasteiger partial charge in [-0.15, -0.1) is 0 Å². The van der Waals surface area contributed by atoms with Gasteiger partial charge in [-0.25, -0.2) is 4.79 Å². The Morgan fingerprint density at radius 3 is 1.80 bits per heavy atom. The largest absolute Gasteiger partial charge is 0.488 e. The lowest BCUT2D eigenvalue weighted by Crippen LogP contribution is -2.42. The maximum atomic E-state index is 13.6. The number of ether oxygens (including phenoxy) is 2. The zero-order valence-corrected chi connectivity index (χ0v) is 23.4. The van der Waals surface area contributed by atoms with Crippen LogP contribution in [-0.2, 0) is 21.5 Å². The molecule has 1 aliphatic heterocycles. The second kappa shape index (κ2) is 12.3. The molecule has 0 saturated carbocycles. The van der Waals surface area contributed by atoms with Crippen molar-refractivity contribution in [2.24, 2.45) is 5.92 Å². The molecule has 4 aromatic rings. The lowest BCUT2D eigenvalue weighted by atomic mass is 9.61. The molecule has 1 saturated heterocycles. The molecule has 4 aromatic carbocycles. The molecular formula is C33H30N2O5S. The average molecular weight is 567 g/mol. The van der Waals surface area contributed by atoms with Crippen LogP contribution in [0.3, 0.4) is 0 Å². The molecule has 2 atom stereocenters. The van der Waals surface area contributed by atoms with Crippen molar-refractivity contribution < 1.29 is 19.2 Å². The van der Waals surface area contributed by atoms with E-state index in [-0.39, 0.29) is 18.2 Å². The number of likely N-dealkylation sites (tertiary alicyclic amines) is 1. The highest BCUT2D eigenvalue weighted by Gasteiger charge is 2.51. The first-order valence-electron chi connectivity index (χ1n) is 13.4. The van der Waals surface area contributed by atoms with Crippen LogP contribution in [0.2, 0.25) is 0 Å². The molecule has 1 fully saturated rings. The Balaban J connectivity index is 1.53. The molecule has 0 aromatic heterocycles. The number of nitro groups is 1. The number of non-ortho nitro benzene ring substituents is 1. The van der Waals surface area contributed by atoms with Crippen LogP contribution >= 0.6 is 12.2 Å². The number of hydrogen-bond donors (Lipinski definition) is 0. The smallest absolute Gasteiger partial charge is 0.410 e. The molecule has 7 nitrogen and oxygen atoms in total. The predicted molar refractivity (Wildman–Crippen MR) is 161 cm³/mol. The van der Waals surface area contributed by atoms with E-state index in [1.54, 1.807) is 17.0 Å². The highest BCUT2D eigenvalue weighted by molar-refractivity contribution is 7.80. The number of hydrogen-bond acceptors (Lipinski definition) is 6. The minimum Gasteiger partial charge on any atom is -0.488 e. The maximum Gasteiger partial charge on any atom is 0.410 e. The van der Waals surface area contributed by atoms with Crippen LogP contribution in [0, 0.1) is 16.0 Å². The van der Waals surface area contributed by atoms with E-state index in [1.165, 1.54) is 19.2 Å². The highest BCUT2D eigenvalue weighted by Crippen LogP contribution is 2.50. The summed E-state index contributed by atoms with van der Waals surface area (Å²) in [5, 5.41) is 11.3. The van der Waals surface area contributed by atoms with E-state index in [0.717, 1.165) is 16.7 Å². The van der Waals surface area contributed by atoms with Gasteiger partial charge in [-0.3, -0.25) is 15.0 Å². The van der Waals surface area contributed by atoms with Crippen LogP contribution in [0.5, 0.6) is 0 Å². The maximum absolute atomic E-state index is 13.6. The average Bonchev–Trinajstić information content (AvgIpc) is 3.47. The van der Waals surface area contributed by atoms with Gasteiger partial charge in [0.2, 0.25) is 0 Å². The minimum absolute atomic E-state index is 0.0213. The third-order valence-corrected chi connectivity index (χ3v) is 8.26.